The Morgan fingerprint density at radius 2 is 1.50 bits per heavy atom. The predicted molar refractivity (Wildman–Crippen MR) is 221 cm³/mol. The van der Waals surface area contributed by atoms with E-state index in [2.05, 4.69) is 76.9 Å². The molecule has 2 saturated heterocycles. The largest absolute Gasteiger partial charge is 0.369 e. The quantitative estimate of drug-likeness (QED) is 0.128. The number of aryl methyl sites for hydroxylation is 1. The number of fused-ring (bicyclic) bond motifs is 1. The van der Waals surface area contributed by atoms with Crippen molar-refractivity contribution in [2.24, 2.45) is 5.92 Å². The molecule has 2 aromatic carbocycles. The highest BCUT2D eigenvalue weighted by Gasteiger charge is 2.42. The average Bonchev–Trinajstić information content (AvgIpc) is 3.46. The summed E-state index contributed by atoms with van der Waals surface area (Å²) >= 11 is 0. The number of hydrogen-bond acceptors (Lipinski definition) is 9. The Labute approximate surface area is 330 Å². The minimum atomic E-state index is -0.927. The van der Waals surface area contributed by atoms with Gasteiger partial charge in [0.25, 0.3) is 11.8 Å². The second-order valence-electron chi connectivity index (χ2n) is 16.0. The van der Waals surface area contributed by atoms with Crippen LogP contribution in [0.25, 0.3) is 22.3 Å². The van der Waals surface area contributed by atoms with Crippen molar-refractivity contribution >= 4 is 34.9 Å². The van der Waals surface area contributed by atoms with Crippen molar-refractivity contribution in [3.8, 4) is 22.3 Å². The van der Waals surface area contributed by atoms with Crippen LogP contribution in [0.1, 0.15) is 97.6 Å². The molecule has 5 heterocycles. The first-order valence-corrected chi connectivity index (χ1v) is 20.3. The molecular formula is C46H54N6O4. The van der Waals surface area contributed by atoms with Gasteiger partial charge in [-0.15, -0.1) is 0 Å². The zero-order valence-corrected chi connectivity index (χ0v) is 33.5. The molecule has 1 atom stereocenters. The number of carbonyl (C=O) groups is 4. The Balaban J connectivity index is 0.894. The summed E-state index contributed by atoms with van der Waals surface area (Å²) < 4.78 is 0. The highest BCUT2D eigenvalue weighted by atomic mass is 16.2. The number of hydrogen-bond donors (Lipinski definition) is 0. The van der Waals surface area contributed by atoms with Crippen molar-refractivity contribution in [2.75, 3.05) is 55.6 Å². The monoisotopic (exact) mass is 754 g/mol. The third-order valence-electron chi connectivity index (χ3n) is 12.0. The van der Waals surface area contributed by atoms with E-state index in [1.165, 1.54) is 34.7 Å². The first-order chi connectivity index (χ1) is 27.0. The van der Waals surface area contributed by atoms with E-state index in [-0.39, 0.29) is 24.4 Å². The van der Waals surface area contributed by atoms with E-state index in [4.69, 9.17) is 4.98 Å². The van der Waals surface area contributed by atoms with Crippen LogP contribution in [0.5, 0.6) is 0 Å². The van der Waals surface area contributed by atoms with Crippen LogP contribution >= 0.6 is 0 Å². The molecule has 10 heteroatoms. The fourth-order valence-corrected chi connectivity index (χ4v) is 8.64. The zero-order valence-electron chi connectivity index (χ0n) is 33.5. The number of nitrogens with zero attached hydrogens (tertiary/aromatic N) is 6. The van der Waals surface area contributed by atoms with Gasteiger partial charge >= 0.3 is 0 Å². The normalized spacial score (nSPS) is 17.1. The third-order valence-corrected chi connectivity index (χ3v) is 12.0. The molecule has 4 aromatic rings. The van der Waals surface area contributed by atoms with Gasteiger partial charge in [-0.2, -0.15) is 0 Å². The second kappa shape index (κ2) is 16.9. The average molecular weight is 755 g/mol. The summed E-state index contributed by atoms with van der Waals surface area (Å²) in [6, 6.07) is 17.6. The summed E-state index contributed by atoms with van der Waals surface area (Å²) in [7, 11) is 0. The summed E-state index contributed by atoms with van der Waals surface area (Å²) in [6.45, 7) is 16.3. The Morgan fingerprint density at radius 3 is 2.16 bits per heavy atom. The van der Waals surface area contributed by atoms with Crippen molar-refractivity contribution in [1.82, 2.24) is 19.8 Å². The molecule has 2 fully saturated rings. The van der Waals surface area contributed by atoms with Crippen molar-refractivity contribution in [3.05, 3.63) is 95.4 Å². The van der Waals surface area contributed by atoms with Gasteiger partial charge in [-0.05, 0) is 104 Å². The summed E-state index contributed by atoms with van der Waals surface area (Å²) in [5.41, 5.74) is 8.83. The molecule has 0 radical (unpaired) electrons. The number of piperazine rings is 1. The van der Waals surface area contributed by atoms with Crippen LogP contribution in [0, 0.1) is 12.8 Å². The highest BCUT2D eigenvalue weighted by molar-refractivity contribution is 6.23. The molecule has 0 aliphatic carbocycles. The topological polar surface area (TPSA) is 107 Å². The van der Waals surface area contributed by atoms with Gasteiger partial charge in [-0.25, -0.2) is 4.98 Å². The Hall–Kier alpha value is -5.22. The molecule has 0 spiro atoms. The van der Waals surface area contributed by atoms with Crippen LogP contribution in [0.4, 0.5) is 11.5 Å². The van der Waals surface area contributed by atoms with Gasteiger partial charge in [-0.1, -0.05) is 39.0 Å². The van der Waals surface area contributed by atoms with Crippen molar-refractivity contribution in [3.63, 3.8) is 0 Å². The maximum absolute atomic E-state index is 13.5. The lowest BCUT2D eigenvalue weighted by atomic mass is 9.91. The van der Waals surface area contributed by atoms with Gasteiger partial charge in [0.2, 0.25) is 0 Å². The van der Waals surface area contributed by atoms with E-state index in [0.717, 1.165) is 80.6 Å². The Kier molecular flexibility index (Phi) is 11.8. The molecule has 7 rings (SSSR count). The van der Waals surface area contributed by atoms with Gasteiger partial charge in [0.05, 0.1) is 17.2 Å². The summed E-state index contributed by atoms with van der Waals surface area (Å²) in [5, 5.41) is 0. The molecular weight excluding hydrogens is 701 g/mol. The predicted octanol–water partition coefficient (Wildman–Crippen LogP) is 7.59. The number of aromatic nitrogens is 2. The molecule has 10 nitrogen and oxygen atoms in total. The highest BCUT2D eigenvalue weighted by Crippen LogP contribution is 2.34. The first kappa shape index (κ1) is 39.0. The van der Waals surface area contributed by atoms with Crippen LogP contribution in [0.15, 0.2) is 73.2 Å². The maximum Gasteiger partial charge on any atom is 0.262 e. The SMILES string of the molecule is CCC(=O)CCC(C(C)=O)N1C(=O)c2ccc(N3CCN(CC4CCN(c5ccc(-c6ccc(-c7cnccc7C(C)C)c(C)c6)cn5)CC4)CC3)cc2C1=O. The molecule has 1 unspecified atom stereocenters. The van der Waals surface area contributed by atoms with Crippen molar-refractivity contribution < 1.29 is 19.2 Å². The lowest BCUT2D eigenvalue weighted by Gasteiger charge is -2.40. The van der Waals surface area contributed by atoms with Gasteiger partial charge in [-0.3, -0.25) is 34.0 Å². The lowest BCUT2D eigenvalue weighted by molar-refractivity contribution is -0.122. The zero-order chi connectivity index (χ0) is 39.5. The number of anilines is 2. The number of ketones is 2. The molecule has 292 valence electrons. The molecule has 3 aliphatic rings. The fraction of sp³-hybridized carbons (Fsp3) is 0.435. The summed E-state index contributed by atoms with van der Waals surface area (Å²) in [5.74, 6) is 0.910. The minimum absolute atomic E-state index is 0.00856. The van der Waals surface area contributed by atoms with E-state index < -0.39 is 17.9 Å². The molecule has 3 aliphatic heterocycles. The van der Waals surface area contributed by atoms with Crippen molar-refractivity contribution in [1.29, 1.82) is 0 Å². The summed E-state index contributed by atoms with van der Waals surface area (Å²) in [4.78, 5) is 68.8. The van der Waals surface area contributed by atoms with Crippen LogP contribution in [0.3, 0.4) is 0 Å². The number of Topliss-reactive ketones (excluding diaryl/α,β-unsaturated/α-hetero) is 2. The molecule has 0 N–H and O–H groups in total. The molecule has 2 aromatic heterocycles. The van der Waals surface area contributed by atoms with Crippen LogP contribution in [-0.4, -0.2) is 95.0 Å². The van der Waals surface area contributed by atoms with E-state index in [0.29, 0.717) is 29.4 Å². The van der Waals surface area contributed by atoms with E-state index in [9.17, 15) is 19.2 Å². The second-order valence-corrected chi connectivity index (χ2v) is 16.0. The smallest absolute Gasteiger partial charge is 0.262 e. The standard InChI is InChI=1S/C46H54N6O4/c1-6-37(54)10-13-43(32(5)53)52-45(55)40-12-9-36(26-41(40)46(52)56)50-23-21-49(22-24-50)29-33-16-19-51(20-17-33)44-14-8-35(27-48-44)34-7-11-39(31(4)25-34)42-28-47-18-15-38(42)30(2)3/h7-9,11-12,14-15,18,25-28,30,33,43H,6,10,13,16-17,19-24,29H2,1-5H3. The van der Waals surface area contributed by atoms with Crippen LogP contribution in [-0.2, 0) is 9.59 Å². The van der Waals surface area contributed by atoms with Crippen LogP contribution < -0.4 is 9.80 Å². The fourth-order valence-electron chi connectivity index (χ4n) is 8.64. The van der Waals surface area contributed by atoms with Gasteiger partial charge in [0, 0.05) is 94.1 Å². The van der Waals surface area contributed by atoms with E-state index in [1.807, 2.05) is 24.7 Å². The molecule has 0 bridgehead atoms. The number of carbonyl (C=O) groups excluding carboxylic acids is 4. The first-order valence-electron chi connectivity index (χ1n) is 20.3. The number of rotatable bonds is 13. The van der Waals surface area contributed by atoms with Gasteiger partial charge < -0.3 is 9.80 Å². The Bertz CT molecular complexity index is 2100. The molecule has 2 amide bonds. The number of benzene rings is 2. The summed E-state index contributed by atoms with van der Waals surface area (Å²) in [6.07, 6.45) is 8.80. The lowest BCUT2D eigenvalue weighted by Crippen LogP contribution is -2.49. The number of amides is 2. The number of piperidine rings is 1. The van der Waals surface area contributed by atoms with E-state index >= 15 is 0 Å². The molecule has 0 saturated carbocycles. The number of pyridine rings is 2. The Morgan fingerprint density at radius 1 is 0.786 bits per heavy atom. The maximum atomic E-state index is 13.5. The third kappa shape index (κ3) is 8.17. The van der Waals surface area contributed by atoms with Gasteiger partial charge in [0.1, 0.15) is 11.6 Å². The van der Waals surface area contributed by atoms with Crippen LogP contribution in [0.2, 0.25) is 0 Å². The molecule has 56 heavy (non-hydrogen) atoms. The number of imide groups is 1. The van der Waals surface area contributed by atoms with Crippen molar-refractivity contribution in [2.45, 2.75) is 78.7 Å². The minimum Gasteiger partial charge on any atom is -0.369 e. The van der Waals surface area contributed by atoms with E-state index in [1.54, 1.807) is 19.1 Å². The van der Waals surface area contributed by atoms with Gasteiger partial charge in [0.15, 0.2) is 5.78 Å².